The van der Waals surface area contributed by atoms with Gasteiger partial charge in [0.05, 0.1) is 17.9 Å². The zero-order valence-electron chi connectivity index (χ0n) is 9.97. The SMILES string of the molecule is CCOc1ccccc1-c1c(C=O)[nH]ccc1=O. The van der Waals surface area contributed by atoms with Gasteiger partial charge in [0, 0.05) is 17.8 Å². The van der Waals surface area contributed by atoms with Crippen molar-refractivity contribution in [1.29, 1.82) is 0 Å². The number of benzene rings is 1. The molecule has 0 atom stereocenters. The summed E-state index contributed by atoms with van der Waals surface area (Å²) in [6.07, 6.45) is 2.10. The number of carbonyl (C=O) groups is 1. The highest BCUT2D eigenvalue weighted by atomic mass is 16.5. The van der Waals surface area contributed by atoms with Crippen LogP contribution < -0.4 is 10.2 Å². The fourth-order valence-electron chi connectivity index (χ4n) is 1.82. The molecule has 1 aromatic carbocycles. The Balaban J connectivity index is 2.69. The Kier molecular flexibility index (Phi) is 3.57. The molecule has 0 bridgehead atoms. The van der Waals surface area contributed by atoms with Crippen molar-refractivity contribution in [3.8, 4) is 16.9 Å². The number of carbonyl (C=O) groups excluding carboxylic acids is 1. The van der Waals surface area contributed by atoms with Crippen LogP contribution in [-0.2, 0) is 0 Å². The highest BCUT2D eigenvalue weighted by Gasteiger charge is 2.13. The number of rotatable bonds is 4. The third-order valence-electron chi connectivity index (χ3n) is 2.56. The summed E-state index contributed by atoms with van der Waals surface area (Å²) in [4.78, 5) is 25.7. The van der Waals surface area contributed by atoms with Crippen LogP contribution in [0.25, 0.3) is 11.1 Å². The largest absolute Gasteiger partial charge is 0.493 e. The fraction of sp³-hybridized carbons (Fsp3) is 0.143. The third kappa shape index (κ3) is 2.18. The summed E-state index contributed by atoms with van der Waals surface area (Å²) in [5.41, 5.74) is 1.03. The maximum absolute atomic E-state index is 11.9. The zero-order chi connectivity index (χ0) is 13.0. The van der Waals surface area contributed by atoms with E-state index >= 15 is 0 Å². The lowest BCUT2D eigenvalue weighted by molar-refractivity contribution is 0.111. The van der Waals surface area contributed by atoms with Gasteiger partial charge < -0.3 is 9.72 Å². The molecular formula is C14H13NO3. The van der Waals surface area contributed by atoms with Gasteiger partial charge in [0.25, 0.3) is 0 Å². The minimum atomic E-state index is -0.206. The van der Waals surface area contributed by atoms with Crippen LogP contribution in [0.4, 0.5) is 0 Å². The lowest BCUT2D eigenvalue weighted by Gasteiger charge is -2.10. The molecule has 92 valence electrons. The van der Waals surface area contributed by atoms with Gasteiger partial charge in [-0.15, -0.1) is 0 Å². The molecule has 2 aromatic rings. The molecule has 4 nitrogen and oxygen atoms in total. The number of nitrogens with one attached hydrogen (secondary N) is 1. The average Bonchev–Trinajstić information content (AvgIpc) is 2.40. The second-order valence-electron chi connectivity index (χ2n) is 3.68. The van der Waals surface area contributed by atoms with Gasteiger partial charge in [0.2, 0.25) is 0 Å². The van der Waals surface area contributed by atoms with E-state index in [1.165, 1.54) is 12.3 Å². The third-order valence-corrected chi connectivity index (χ3v) is 2.56. The predicted molar refractivity (Wildman–Crippen MR) is 69.1 cm³/mol. The lowest BCUT2D eigenvalue weighted by atomic mass is 10.0. The first-order valence-electron chi connectivity index (χ1n) is 5.67. The van der Waals surface area contributed by atoms with Crippen molar-refractivity contribution >= 4 is 6.29 Å². The first-order chi connectivity index (χ1) is 8.77. The van der Waals surface area contributed by atoms with Gasteiger partial charge in [0.15, 0.2) is 11.7 Å². The van der Waals surface area contributed by atoms with Crippen LogP contribution >= 0.6 is 0 Å². The van der Waals surface area contributed by atoms with Crippen molar-refractivity contribution in [1.82, 2.24) is 4.98 Å². The van der Waals surface area contributed by atoms with E-state index in [2.05, 4.69) is 4.98 Å². The number of pyridine rings is 1. The minimum absolute atomic E-state index is 0.206. The van der Waals surface area contributed by atoms with Crippen molar-refractivity contribution in [2.45, 2.75) is 6.92 Å². The smallest absolute Gasteiger partial charge is 0.190 e. The topological polar surface area (TPSA) is 59.2 Å². The molecule has 1 aromatic heterocycles. The van der Waals surface area contributed by atoms with Gasteiger partial charge in [-0.3, -0.25) is 9.59 Å². The molecule has 0 unspecified atom stereocenters. The van der Waals surface area contributed by atoms with E-state index in [0.29, 0.717) is 29.8 Å². The summed E-state index contributed by atoms with van der Waals surface area (Å²) >= 11 is 0. The Morgan fingerprint density at radius 3 is 2.78 bits per heavy atom. The van der Waals surface area contributed by atoms with Crippen LogP contribution in [0.5, 0.6) is 5.75 Å². The van der Waals surface area contributed by atoms with Crippen molar-refractivity contribution < 1.29 is 9.53 Å². The van der Waals surface area contributed by atoms with Crippen LogP contribution in [0.1, 0.15) is 17.4 Å². The number of H-pyrrole nitrogens is 1. The molecule has 0 aliphatic rings. The van der Waals surface area contributed by atoms with Crippen LogP contribution in [0, 0.1) is 0 Å². The Labute approximate surface area is 104 Å². The van der Waals surface area contributed by atoms with Gasteiger partial charge in [-0.05, 0) is 13.0 Å². The summed E-state index contributed by atoms with van der Waals surface area (Å²) < 4.78 is 5.48. The Morgan fingerprint density at radius 2 is 2.06 bits per heavy atom. The highest BCUT2D eigenvalue weighted by Crippen LogP contribution is 2.28. The molecule has 0 spiro atoms. The van der Waals surface area contributed by atoms with E-state index in [4.69, 9.17) is 4.74 Å². The van der Waals surface area contributed by atoms with Crippen LogP contribution in [-0.4, -0.2) is 17.9 Å². The molecule has 0 saturated heterocycles. The van der Waals surface area contributed by atoms with Crippen LogP contribution in [0.15, 0.2) is 41.3 Å². The van der Waals surface area contributed by atoms with E-state index in [-0.39, 0.29) is 11.1 Å². The molecule has 2 rings (SSSR count). The molecule has 1 heterocycles. The second kappa shape index (κ2) is 5.31. The zero-order valence-corrected chi connectivity index (χ0v) is 9.97. The van der Waals surface area contributed by atoms with Crippen molar-refractivity contribution in [2.24, 2.45) is 0 Å². The molecule has 0 radical (unpaired) electrons. The quantitative estimate of drug-likeness (QED) is 0.838. The maximum atomic E-state index is 11.9. The Morgan fingerprint density at radius 1 is 1.28 bits per heavy atom. The molecule has 18 heavy (non-hydrogen) atoms. The van der Waals surface area contributed by atoms with Gasteiger partial charge in [0.1, 0.15) is 5.75 Å². The molecule has 0 aliphatic heterocycles. The number of hydrogen-bond acceptors (Lipinski definition) is 3. The van der Waals surface area contributed by atoms with Gasteiger partial charge in [-0.1, -0.05) is 18.2 Å². The number of aromatic amines is 1. The maximum Gasteiger partial charge on any atom is 0.190 e. The highest BCUT2D eigenvalue weighted by molar-refractivity contribution is 5.86. The molecular weight excluding hydrogens is 230 g/mol. The number of hydrogen-bond donors (Lipinski definition) is 1. The monoisotopic (exact) mass is 243 g/mol. The van der Waals surface area contributed by atoms with Crippen molar-refractivity contribution in [3.63, 3.8) is 0 Å². The lowest BCUT2D eigenvalue weighted by Crippen LogP contribution is -2.09. The number of ether oxygens (including phenoxy) is 1. The fourth-order valence-corrected chi connectivity index (χ4v) is 1.82. The van der Waals surface area contributed by atoms with E-state index in [9.17, 15) is 9.59 Å². The number of aromatic nitrogens is 1. The van der Waals surface area contributed by atoms with Crippen molar-refractivity contribution in [3.05, 3.63) is 52.4 Å². The standard InChI is InChI=1S/C14H13NO3/c1-2-18-13-6-4-3-5-10(13)14-11(9-16)15-8-7-12(14)17/h3-9H,2H2,1H3,(H,15,17). The number of para-hydroxylation sites is 1. The van der Waals surface area contributed by atoms with E-state index in [1.54, 1.807) is 18.2 Å². The minimum Gasteiger partial charge on any atom is -0.493 e. The van der Waals surface area contributed by atoms with E-state index in [1.807, 2.05) is 13.0 Å². The molecule has 0 aliphatic carbocycles. The molecule has 0 amide bonds. The normalized spacial score (nSPS) is 10.1. The van der Waals surface area contributed by atoms with Crippen LogP contribution in [0.3, 0.4) is 0 Å². The second-order valence-corrected chi connectivity index (χ2v) is 3.68. The van der Waals surface area contributed by atoms with Crippen molar-refractivity contribution in [2.75, 3.05) is 6.61 Å². The summed E-state index contributed by atoms with van der Waals surface area (Å²) in [6.45, 7) is 2.37. The number of aldehydes is 1. The summed E-state index contributed by atoms with van der Waals surface area (Å²) in [7, 11) is 0. The molecule has 1 N–H and O–H groups in total. The molecule has 0 saturated carbocycles. The first-order valence-corrected chi connectivity index (χ1v) is 5.67. The average molecular weight is 243 g/mol. The first kappa shape index (κ1) is 12.1. The van der Waals surface area contributed by atoms with E-state index < -0.39 is 0 Å². The van der Waals surface area contributed by atoms with Gasteiger partial charge in [-0.2, -0.15) is 0 Å². The van der Waals surface area contributed by atoms with E-state index in [0.717, 1.165) is 0 Å². The van der Waals surface area contributed by atoms with Gasteiger partial charge in [-0.25, -0.2) is 0 Å². The van der Waals surface area contributed by atoms with Crippen LogP contribution in [0.2, 0.25) is 0 Å². The summed E-state index contributed by atoms with van der Waals surface area (Å²) in [5, 5.41) is 0. The summed E-state index contributed by atoms with van der Waals surface area (Å²) in [5.74, 6) is 0.597. The Bertz CT molecular complexity index is 616. The molecule has 4 heteroatoms. The Hall–Kier alpha value is -2.36. The predicted octanol–water partition coefficient (Wildman–Crippen LogP) is 2.25. The van der Waals surface area contributed by atoms with Gasteiger partial charge >= 0.3 is 0 Å². The molecule has 0 fully saturated rings. The summed E-state index contributed by atoms with van der Waals surface area (Å²) in [6, 6.07) is 8.57.